The van der Waals surface area contributed by atoms with Crippen LogP contribution in [0.15, 0.2) is 54.6 Å². The summed E-state index contributed by atoms with van der Waals surface area (Å²) < 4.78 is 42.5. The number of alkyl halides is 3. The summed E-state index contributed by atoms with van der Waals surface area (Å²) >= 11 is 6.48. The number of carbonyl (C=O) groups excluding carboxylic acids is 1. The Morgan fingerprint density at radius 2 is 1.63 bits per heavy atom. The number of unbranched alkanes of at least 4 members (excludes halogenated alkanes) is 3. The molecule has 38 heavy (non-hydrogen) atoms. The van der Waals surface area contributed by atoms with Crippen LogP contribution in [0.5, 0.6) is 11.5 Å². The van der Waals surface area contributed by atoms with Crippen LogP contribution in [0.1, 0.15) is 56.5 Å². The van der Waals surface area contributed by atoms with Crippen molar-refractivity contribution in [3.8, 4) is 22.6 Å². The van der Waals surface area contributed by atoms with E-state index in [2.05, 4.69) is 28.6 Å². The summed E-state index contributed by atoms with van der Waals surface area (Å²) in [4.78, 5) is 15.6. The van der Waals surface area contributed by atoms with Crippen molar-refractivity contribution in [3.63, 3.8) is 0 Å². The lowest BCUT2D eigenvalue weighted by Gasteiger charge is -2.15. The number of phenols is 1. The average molecular weight is 549 g/mol. The normalized spacial score (nSPS) is 10.8. The van der Waals surface area contributed by atoms with Gasteiger partial charge in [-0.05, 0) is 18.6 Å². The zero-order valence-electron chi connectivity index (χ0n) is 21.7. The van der Waals surface area contributed by atoms with Crippen LogP contribution in [0.25, 0.3) is 22.2 Å². The molecule has 0 aliphatic heterocycles. The number of aryl methyl sites for hydroxylation is 1. The van der Waals surface area contributed by atoms with Gasteiger partial charge in [-0.1, -0.05) is 99.2 Å². The topological polar surface area (TPSA) is 75.2 Å². The Bertz CT molecular complexity index is 1300. The smallest absolute Gasteiger partial charge is 0.507 e. The standard InChI is InChI=1S/C22H16ClF3N2O2.C6H14.CH2O/c1-12-6-8-13(9-7-12)10-18-27-15-11-16(29)19(20(23)21(15)28-18)14-4-2-3-5-17(14)30-22(24,25)26;1-3-5-6-4-2;1-2/h2-9,11,29H,10H2,1H3,(H,27,28);3-6H2,1-2H3;1H2. The van der Waals surface area contributed by atoms with Crippen molar-refractivity contribution in [2.24, 2.45) is 0 Å². The van der Waals surface area contributed by atoms with Gasteiger partial charge >= 0.3 is 6.36 Å². The Morgan fingerprint density at radius 1 is 1.03 bits per heavy atom. The van der Waals surface area contributed by atoms with Crippen molar-refractivity contribution in [1.82, 2.24) is 9.97 Å². The maximum atomic E-state index is 12.8. The number of para-hydroxylation sites is 1. The maximum absolute atomic E-state index is 12.8. The summed E-state index contributed by atoms with van der Waals surface area (Å²) in [5, 5.41) is 10.6. The lowest BCUT2D eigenvalue weighted by molar-refractivity contribution is -0.274. The minimum Gasteiger partial charge on any atom is -0.507 e. The van der Waals surface area contributed by atoms with Crippen LogP contribution in [0.3, 0.4) is 0 Å². The van der Waals surface area contributed by atoms with Crippen molar-refractivity contribution in [3.05, 3.63) is 76.6 Å². The molecular weight excluding hydrogens is 517 g/mol. The fraction of sp³-hybridized carbons (Fsp3) is 0.310. The molecule has 0 atom stereocenters. The minimum absolute atomic E-state index is 0.0160. The molecule has 0 amide bonds. The molecule has 4 aromatic rings. The molecule has 0 aliphatic rings. The number of halogens is 4. The third kappa shape index (κ3) is 8.52. The number of aromatic amines is 1. The number of nitrogens with one attached hydrogen (secondary N) is 1. The Labute approximate surface area is 225 Å². The molecule has 2 N–H and O–H groups in total. The number of ether oxygens (including phenoxy) is 1. The van der Waals surface area contributed by atoms with Gasteiger partial charge in [0.2, 0.25) is 0 Å². The second-order valence-corrected chi connectivity index (χ2v) is 8.96. The highest BCUT2D eigenvalue weighted by atomic mass is 35.5. The number of fused-ring (bicyclic) bond motifs is 1. The highest BCUT2D eigenvalue weighted by Crippen LogP contribution is 2.45. The maximum Gasteiger partial charge on any atom is 0.573 e. The first-order valence-electron chi connectivity index (χ1n) is 12.2. The second-order valence-electron chi connectivity index (χ2n) is 8.58. The first-order valence-corrected chi connectivity index (χ1v) is 12.6. The van der Waals surface area contributed by atoms with Gasteiger partial charge < -0.3 is 19.6 Å². The van der Waals surface area contributed by atoms with E-state index in [-0.39, 0.29) is 21.9 Å². The van der Waals surface area contributed by atoms with Crippen LogP contribution in [-0.2, 0) is 11.2 Å². The number of carbonyl (C=O) groups is 1. The van der Waals surface area contributed by atoms with Crippen LogP contribution in [0, 0.1) is 6.92 Å². The number of hydrogen-bond donors (Lipinski definition) is 2. The predicted octanol–water partition coefficient (Wildman–Crippen LogP) is 8.79. The van der Waals surface area contributed by atoms with Gasteiger partial charge in [0, 0.05) is 23.6 Å². The summed E-state index contributed by atoms with van der Waals surface area (Å²) in [6, 6.07) is 14.8. The summed E-state index contributed by atoms with van der Waals surface area (Å²) in [6.45, 7) is 8.46. The summed E-state index contributed by atoms with van der Waals surface area (Å²) in [7, 11) is 0. The number of imidazole rings is 1. The SMILES string of the molecule is C=O.CCCCCC.Cc1ccc(Cc2nc3c(Cl)c(-c4ccccc4OC(F)(F)F)c(O)cc3[nH]2)cc1. The molecule has 0 unspecified atom stereocenters. The lowest BCUT2D eigenvalue weighted by atomic mass is 10.0. The van der Waals surface area contributed by atoms with Crippen molar-refractivity contribution in [2.45, 2.75) is 59.2 Å². The molecule has 9 heteroatoms. The van der Waals surface area contributed by atoms with Gasteiger partial charge in [-0.3, -0.25) is 0 Å². The number of aromatic hydroxyl groups is 1. The third-order valence-corrected chi connectivity index (χ3v) is 5.94. The molecule has 3 aromatic carbocycles. The monoisotopic (exact) mass is 548 g/mol. The second kappa shape index (κ2) is 14.4. The van der Waals surface area contributed by atoms with Crippen LogP contribution < -0.4 is 4.74 Å². The van der Waals surface area contributed by atoms with Crippen LogP contribution in [0.2, 0.25) is 5.02 Å². The number of nitrogens with zero attached hydrogens (tertiary/aromatic N) is 1. The molecular formula is C29H32ClF3N2O3. The molecule has 0 bridgehead atoms. The largest absolute Gasteiger partial charge is 0.573 e. The molecule has 0 radical (unpaired) electrons. The van der Waals surface area contributed by atoms with Crippen LogP contribution in [-0.4, -0.2) is 28.2 Å². The summed E-state index contributed by atoms with van der Waals surface area (Å²) in [6.07, 6.45) is 1.17. The van der Waals surface area contributed by atoms with E-state index in [1.165, 1.54) is 49.9 Å². The van der Waals surface area contributed by atoms with Gasteiger partial charge in [0.05, 0.1) is 10.5 Å². The van der Waals surface area contributed by atoms with E-state index in [9.17, 15) is 18.3 Å². The van der Waals surface area contributed by atoms with Crippen molar-refractivity contribution < 1.29 is 27.8 Å². The molecule has 204 valence electrons. The van der Waals surface area contributed by atoms with Crippen molar-refractivity contribution in [2.75, 3.05) is 0 Å². The van der Waals surface area contributed by atoms with Crippen molar-refractivity contribution in [1.29, 1.82) is 0 Å². The quantitative estimate of drug-likeness (QED) is 0.226. The van der Waals surface area contributed by atoms with Gasteiger partial charge in [-0.15, -0.1) is 13.2 Å². The lowest BCUT2D eigenvalue weighted by Crippen LogP contribution is -2.17. The van der Waals surface area contributed by atoms with Gasteiger partial charge in [0.25, 0.3) is 0 Å². The zero-order valence-corrected chi connectivity index (χ0v) is 22.4. The number of H-pyrrole nitrogens is 1. The van der Waals surface area contributed by atoms with E-state index in [0.29, 0.717) is 23.3 Å². The van der Waals surface area contributed by atoms with Crippen LogP contribution in [0.4, 0.5) is 13.2 Å². The molecule has 0 spiro atoms. The van der Waals surface area contributed by atoms with Gasteiger partial charge in [-0.2, -0.15) is 0 Å². The Balaban J connectivity index is 0.000000560. The van der Waals surface area contributed by atoms with Crippen molar-refractivity contribution >= 4 is 29.4 Å². The molecule has 0 aliphatic carbocycles. The molecule has 0 fully saturated rings. The Kier molecular flexibility index (Phi) is 11.7. The molecule has 1 aromatic heterocycles. The van der Waals surface area contributed by atoms with E-state index >= 15 is 0 Å². The van der Waals surface area contributed by atoms with E-state index in [4.69, 9.17) is 16.4 Å². The zero-order chi connectivity index (χ0) is 28.3. The molecule has 5 nitrogen and oxygen atoms in total. The molecule has 1 heterocycles. The molecule has 0 saturated heterocycles. The summed E-state index contributed by atoms with van der Waals surface area (Å²) in [5.41, 5.74) is 3.05. The minimum atomic E-state index is -4.88. The number of hydrogen-bond acceptors (Lipinski definition) is 4. The predicted molar refractivity (Wildman–Crippen MR) is 146 cm³/mol. The fourth-order valence-corrected chi connectivity index (χ4v) is 4.12. The van der Waals surface area contributed by atoms with E-state index < -0.39 is 12.1 Å². The Hall–Kier alpha value is -3.52. The van der Waals surface area contributed by atoms with E-state index in [1.807, 2.05) is 38.0 Å². The van der Waals surface area contributed by atoms with Gasteiger partial charge in [0.15, 0.2) is 0 Å². The van der Waals surface area contributed by atoms with E-state index in [1.54, 1.807) is 0 Å². The average Bonchev–Trinajstić information content (AvgIpc) is 3.28. The Morgan fingerprint density at radius 3 is 2.21 bits per heavy atom. The number of aromatic nitrogens is 2. The van der Waals surface area contributed by atoms with Gasteiger partial charge in [0.1, 0.15) is 29.6 Å². The summed E-state index contributed by atoms with van der Waals surface area (Å²) in [5.74, 6) is -0.125. The third-order valence-electron chi connectivity index (χ3n) is 5.58. The number of phenolic OH excluding ortho intramolecular Hbond substituents is 1. The van der Waals surface area contributed by atoms with E-state index in [0.717, 1.165) is 17.2 Å². The highest BCUT2D eigenvalue weighted by molar-refractivity contribution is 6.38. The fourth-order valence-electron chi connectivity index (χ4n) is 3.78. The van der Waals surface area contributed by atoms with Crippen LogP contribution >= 0.6 is 11.6 Å². The van der Waals surface area contributed by atoms with Gasteiger partial charge in [-0.25, -0.2) is 4.98 Å². The first kappa shape index (κ1) is 30.7. The molecule has 0 saturated carbocycles. The highest BCUT2D eigenvalue weighted by Gasteiger charge is 2.33. The number of rotatable bonds is 7. The molecule has 4 rings (SSSR count). The first-order chi connectivity index (χ1) is 18.1. The number of benzene rings is 3.